The summed E-state index contributed by atoms with van der Waals surface area (Å²) in [4.78, 5) is 2.42. The van der Waals surface area contributed by atoms with E-state index in [4.69, 9.17) is 0 Å². The first-order valence-electron chi connectivity index (χ1n) is 9.60. The van der Waals surface area contributed by atoms with Crippen LogP contribution < -0.4 is 5.32 Å². The number of aryl methyl sites for hydroxylation is 2. The van der Waals surface area contributed by atoms with Gasteiger partial charge in [0.2, 0.25) is 0 Å². The molecule has 0 atom stereocenters. The van der Waals surface area contributed by atoms with Crippen LogP contribution in [0.4, 0.5) is 5.69 Å². The summed E-state index contributed by atoms with van der Waals surface area (Å²) in [5.74, 6) is 0. The van der Waals surface area contributed by atoms with E-state index in [0.717, 1.165) is 30.9 Å². The Morgan fingerprint density at radius 2 is 1.96 bits per heavy atom. The summed E-state index contributed by atoms with van der Waals surface area (Å²) in [5, 5.41) is 3.49. The van der Waals surface area contributed by atoms with Crippen molar-refractivity contribution in [2.45, 2.75) is 40.0 Å². The van der Waals surface area contributed by atoms with Crippen LogP contribution in [0.15, 0.2) is 49.6 Å². The molecule has 3 rings (SSSR count). The molecule has 26 heavy (non-hydrogen) atoms. The lowest BCUT2D eigenvalue weighted by molar-refractivity contribution is 0.382. The minimum absolute atomic E-state index is 0.946. The number of anilines is 1. The molecular formula is C24H30N2. The van der Waals surface area contributed by atoms with Gasteiger partial charge in [0.15, 0.2) is 0 Å². The molecule has 0 saturated heterocycles. The van der Waals surface area contributed by atoms with Gasteiger partial charge in [-0.1, -0.05) is 56.3 Å². The quantitative estimate of drug-likeness (QED) is 0.688. The van der Waals surface area contributed by atoms with E-state index in [1.807, 2.05) is 0 Å². The molecule has 0 bridgehead atoms. The number of nitrogens with zero attached hydrogens (tertiary/aromatic N) is 1. The van der Waals surface area contributed by atoms with E-state index >= 15 is 0 Å². The standard InChI is InChI=1S/C24H30N2/c1-6-7-13-26-14-12-21-16-22(9-11-24(21)20(26)5)25-19(4)23-10-8-17(2)15-18(23)3/h8-11,15-16,25H,4-7,12-14H2,1-3H3. The highest BCUT2D eigenvalue weighted by atomic mass is 15.1. The van der Waals surface area contributed by atoms with E-state index in [-0.39, 0.29) is 0 Å². The molecule has 0 fully saturated rings. The van der Waals surface area contributed by atoms with Gasteiger partial charge in [0.05, 0.1) is 0 Å². The normalized spacial score (nSPS) is 13.5. The Morgan fingerprint density at radius 1 is 1.15 bits per heavy atom. The zero-order valence-corrected chi connectivity index (χ0v) is 16.4. The van der Waals surface area contributed by atoms with Crippen molar-refractivity contribution in [1.82, 2.24) is 4.90 Å². The lowest BCUT2D eigenvalue weighted by atomic mass is 9.96. The van der Waals surface area contributed by atoms with Gasteiger partial charge in [-0.3, -0.25) is 0 Å². The molecular weight excluding hydrogens is 316 g/mol. The Hall–Kier alpha value is -2.48. The van der Waals surface area contributed by atoms with Crippen LogP contribution in [0, 0.1) is 13.8 Å². The smallest absolute Gasteiger partial charge is 0.0387 e. The van der Waals surface area contributed by atoms with Crippen LogP contribution in [-0.4, -0.2) is 18.0 Å². The van der Waals surface area contributed by atoms with Crippen LogP contribution in [-0.2, 0) is 6.42 Å². The van der Waals surface area contributed by atoms with Crippen molar-refractivity contribution in [3.63, 3.8) is 0 Å². The SMILES string of the molecule is C=C(Nc1ccc2c(c1)CCN(CCCC)C2=C)c1ccc(C)cc1C. The van der Waals surface area contributed by atoms with Gasteiger partial charge in [0.1, 0.15) is 0 Å². The average molecular weight is 347 g/mol. The Labute approximate surface area is 158 Å². The largest absolute Gasteiger partial charge is 0.371 e. The maximum absolute atomic E-state index is 4.34. The summed E-state index contributed by atoms with van der Waals surface area (Å²) in [7, 11) is 0. The van der Waals surface area contributed by atoms with Gasteiger partial charge in [-0.05, 0) is 49.9 Å². The molecule has 0 unspecified atom stereocenters. The number of hydrogen-bond donors (Lipinski definition) is 1. The molecule has 136 valence electrons. The lowest BCUT2D eigenvalue weighted by Crippen LogP contribution is -2.29. The van der Waals surface area contributed by atoms with Crippen LogP contribution in [0.3, 0.4) is 0 Å². The predicted octanol–water partition coefficient (Wildman–Crippen LogP) is 6.02. The van der Waals surface area contributed by atoms with Gasteiger partial charge in [0, 0.05) is 41.3 Å². The van der Waals surface area contributed by atoms with E-state index in [9.17, 15) is 0 Å². The number of hydrogen-bond acceptors (Lipinski definition) is 2. The van der Waals surface area contributed by atoms with Crippen LogP contribution in [0.2, 0.25) is 0 Å². The summed E-state index contributed by atoms with van der Waals surface area (Å²) in [5.41, 5.74) is 9.57. The summed E-state index contributed by atoms with van der Waals surface area (Å²) in [6, 6.07) is 13.1. The third-order valence-electron chi connectivity index (χ3n) is 5.23. The fourth-order valence-electron chi connectivity index (χ4n) is 3.71. The first-order valence-corrected chi connectivity index (χ1v) is 9.60. The van der Waals surface area contributed by atoms with Crippen molar-refractivity contribution in [2.75, 3.05) is 18.4 Å². The van der Waals surface area contributed by atoms with Gasteiger partial charge >= 0.3 is 0 Å². The maximum Gasteiger partial charge on any atom is 0.0387 e. The fourth-order valence-corrected chi connectivity index (χ4v) is 3.71. The third-order valence-corrected chi connectivity index (χ3v) is 5.23. The van der Waals surface area contributed by atoms with Crippen LogP contribution in [0.5, 0.6) is 0 Å². The Balaban J connectivity index is 1.75. The predicted molar refractivity (Wildman–Crippen MR) is 114 cm³/mol. The number of unbranched alkanes of at least 4 members (excludes halogenated alkanes) is 1. The number of rotatable bonds is 6. The first-order chi connectivity index (χ1) is 12.5. The Morgan fingerprint density at radius 3 is 2.69 bits per heavy atom. The number of fused-ring (bicyclic) bond motifs is 1. The number of benzene rings is 2. The second kappa shape index (κ2) is 7.82. The molecule has 1 aliphatic heterocycles. The van der Waals surface area contributed by atoms with E-state index < -0.39 is 0 Å². The van der Waals surface area contributed by atoms with Crippen molar-refractivity contribution < 1.29 is 0 Å². The van der Waals surface area contributed by atoms with Crippen molar-refractivity contribution in [3.8, 4) is 0 Å². The molecule has 1 aliphatic rings. The molecule has 2 nitrogen and oxygen atoms in total. The zero-order valence-electron chi connectivity index (χ0n) is 16.4. The number of nitrogens with one attached hydrogen (secondary N) is 1. The molecule has 0 spiro atoms. The average Bonchev–Trinajstić information content (AvgIpc) is 2.61. The Kier molecular flexibility index (Phi) is 5.51. The molecule has 0 saturated carbocycles. The Bertz CT molecular complexity index is 832. The molecule has 0 aromatic heterocycles. The van der Waals surface area contributed by atoms with E-state index in [2.05, 4.69) is 80.5 Å². The van der Waals surface area contributed by atoms with Crippen LogP contribution in [0.25, 0.3) is 11.4 Å². The summed E-state index contributed by atoms with van der Waals surface area (Å²) < 4.78 is 0. The lowest BCUT2D eigenvalue weighted by Gasteiger charge is -2.33. The van der Waals surface area contributed by atoms with Crippen molar-refractivity contribution in [3.05, 3.63) is 77.4 Å². The second-order valence-corrected chi connectivity index (χ2v) is 7.33. The van der Waals surface area contributed by atoms with Crippen molar-refractivity contribution >= 4 is 17.1 Å². The molecule has 0 radical (unpaired) electrons. The highest BCUT2D eigenvalue weighted by Crippen LogP contribution is 2.31. The monoisotopic (exact) mass is 346 g/mol. The van der Waals surface area contributed by atoms with E-state index in [1.165, 1.54) is 46.4 Å². The zero-order chi connectivity index (χ0) is 18.7. The molecule has 1 N–H and O–H groups in total. The van der Waals surface area contributed by atoms with E-state index in [0.29, 0.717) is 0 Å². The summed E-state index contributed by atoms with van der Waals surface area (Å²) >= 11 is 0. The molecule has 2 aromatic carbocycles. The second-order valence-electron chi connectivity index (χ2n) is 7.33. The molecule has 0 amide bonds. The molecule has 2 aromatic rings. The van der Waals surface area contributed by atoms with Gasteiger partial charge in [-0.25, -0.2) is 0 Å². The highest BCUT2D eigenvalue weighted by Gasteiger charge is 2.19. The first kappa shape index (κ1) is 18.3. The molecule has 2 heteroatoms. The summed E-state index contributed by atoms with van der Waals surface area (Å²) in [6.07, 6.45) is 3.52. The van der Waals surface area contributed by atoms with Gasteiger partial charge in [0.25, 0.3) is 0 Å². The van der Waals surface area contributed by atoms with E-state index in [1.54, 1.807) is 0 Å². The van der Waals surface area contributed by atoms with Crippen LogP contribution >= 0.6 is 0 Å². The minimum atomic E-state index is 0.946. The molecule has 1 heterocycles. The fraction of sp³-hybridized carbons (Fsp3) is 0.333. The van der Waals surface area contributed by atoms with Gasteiger partial charge in [-0.2, -0.15) is 0 Å². The van der Waals surface area contributed by atoms with Crippen LogP contribution in [0.1, 0.15) is 47.6 Å². The topological polar surface area (TPSA) is 15.3 Å². The van der Waals surface area contributed by atoms with Crippen molar-refractivity contribution in [2.24, 2.45) is 0 Å². The van der Waals surface area contributed by atoms with Crippen molar-refractivity contribution in [1.29, 1.82) is 0 Å². The third kappa shape index (κ3) is 3.85. The van der Waals surface area contributed by atoms with Gasteiger partial charge < -0.3 is 10.2 Å². The molecule has 0 aliphatic carbocycles. The maximum atomic E-state index is 4.34. The highest BCUT2D eigenvalue weighted by molar-refractivity contribution is 5.78. The van der Waals surface area contributed by atoms with Gasteiger partial charge in [-0.15, -0.1) is 0 Å². The minimum Gasteiger partial charge on any atom is -0.371 e. The summed E-state index contributed by atoms with van der Waals surface area (Å²) in [6.45, 7) is 17.2.